The largest absolute Gasteiger partial charge is 0.504 e. The fourth-order valence-electron chi connectivity index (χ4n) is 8.52. The molecule has 5 atom stereocenters. The van der Waals surface area contributed by atoms with Crippen molar-refractivity contribution in [2.75, 3.05) is 19.6 Å². The quantitative estimate of drug-likeness (QED) is 0.209. The van der Waals surface area contributed by atoms with Crippen LogP contribution in [-0.4, -0.2) is 64.6 Å². The number of aromatic hydroxyl groups is 1. The van der Waals surface area contributed by atoms with Crippen LogP contribution in [0.3, 0.4) is 0 Å². The lowest BCUT2D eigenvalue weighted by Gasteiger charge is -2.60. The highest BCUT2D eigenvalue weighted by molar-refractivity contribution is 9.10. The molecule has 2 aliphatic heterocycles. The predicted octanol–water partition coefficient (Wildman–Crippen LogP) is 6.16. The average Bonchev–Trinajstić information content (AvgIpc) is 3.55. The Morgan fingerprint density at radius 2 is 2.10 bits per heavy atom. The molecule has 5 aliphatic rings. The van der Waals surface area contributed by atoms with Gasteiger partial charge in [-0.05, 0) is 90.9 Å². The lowest BCUT2D eigenvalue weighted by molar-refractivity contribution is -0.139. The third-order valence-corrected chi connectivity index (χ3v) is 11.8. The molecule has 3 heterocycles. The van der Waals surface area contributed by atoms with Gasteiger partial charge in [0.1, 0.15) is 11.9 Å². The highest BCUT2D eigenvalue weighted by Gasteiger charge is 2.67. The first-order chi connectivity index (χ1) is 20.2. The van der Waals surface area contributed by atoms with Crippen molar-refractivity contribution in [2.45, 2.75) is 82.9 Å². The summed E-state index contributed by atoms with van der Waals surface area (Å²) in [5.41, 5.74) is 1.71. The van der Waals surface area contributed by atoms with Crippen molar-refractivity contribution in [2.24, 2.45) is 17.8 Å². The Kier molecular flexibility index (Phi) is 7.22. The van der Waals surface area contributed by atoms with Crippen LogP contribution in [0.5, 0.6) is 17.2 Å². The SMILES string of the molecule is CC(=O)Oc1cc(O)c2c3c1C[C@@H]1[C@@H]4CC[C@H](N(CC(C)C)C(=O)/C=C/c5cc(Br)cs5)[C@H](O2)[C@]34CCN1CC1CC1. The maximum absolute atomic E-state index is 13.9. The number of piperidine rings is 1. The minimum absolute atomic E-state index is 0.00351. The topological polar surface area (TPSA) is 79.3 Å². The molecular formula is C33H39BrN2O5S. The van der Waals surface area contributed by atoms with E-state index in [1.807, 2.05) is 22.4 Å². The summed E-state index contributed by atoms with van der Waals surface area (Å²) >= 11 is 5.11. The van der Waals surface area contributed by atoms with E-state index in [4.69, 9.17) is 9.47 Å². The van der Waals surface area contributed by atoms with Gasteiger partial charge in [0, 0.05) is 69.5 Å². The zero-order valence-corrected chi connectivity index (χ0v) is 26.9. The second-order valence-electron chi connectivity index (χ2n) is 13.3. The summed E-state index contributed by atoms with van der Waals surface area (Å²) in [5.74, 6) is 2.06. The molecule has 7 nitrogen and oxygen atoms in total. The van der Waals surface area contributed by atoms with Crippen molar-refractivity contribution < 1.29 is 24.2 Å². The van der Waals surface area contributed by atoms with Crippen molar-refractivity contribution in [3.8, 4) is 17.2 Å². The van der Waals surface area contributed by atoms with E-state index >= 15 is 0 Å². The van der Waals surface area contributed by atoms with Gasteiger partial charge < -0.3 is 19.5 Å². The normalized spacial score (nSPS) is 29.5. The Hall–Kier alpha value is -2.36. The molecule has 2 aromatic rings. The van der Waals surface area contributed by atoms with Gasteiger partial charge in [-0.2, -0.15) is 0 Å². The van der Waals surface area contributed by atoms with Crippen LogP contribution in [0.2, 0.25) is 0 Å². The molecule has 1 amide bonds. The molecular weight excluding hydrogens is 616 g/mol. The highest BCUT2D eigenvalue weighted by Crippen LogP contribution is 2.66. The van der Waals surface area contributed by atoms with Gasteiger partial charge in [-0.1, -0.05) is 13.8 Å². The van der Waals surface area contributed by atoms with Crippen LogP contribution < -0.4 is 9.47 Å². The van der Waals surface area contributed by atoms with Gasteiger partial charge in [0.2, 0.25) is 5.91 Å². The second-order valence-corrected chi connectivity index (χ2v) is 15.2. The zero-order chi connectivity index (χ0) is 29.3. The monoisotopic (exact) mass is 654 g/mol. The summed E-state index contributed by atoms with van der Waals surface area (Å²) in [6.45, 7) is 8.44. The van der Waals surface area contributed by atoms with Gasteiger partial charge in [0.05, 0.1) is 6.04 Å². The summed E-state index contributed by atoms with van der Waals surface area (Å²) in [6.07, 6.45) is 9.52. The van der Waals surface area contributed by atoms with E-state index in [0.29, 0.717) is 30.0 Å². The Morgan fingerprint density at radius 3 is 2.79 bits per heavy atom. The van der Waals surface area contributed by atoms with Crippen LogP contribution in [0.1, 0.15) is 68.9 Å². The van der Waals surface area contributed by atoms with Crippen LogP contribution in [0.25, 0.3) is 6.08 Å². The molecule has 9 heteroatoms. The first-order valence-corrected chi connectivity index (χ1v) is 17.0. The number of ether oxygens (including phenoxy) is 2. The van der Waals surface area contributed by atoms with Gasteiger partial charge >= 0.3 is 5.97 Å². The number of hydrogen-bond donors (Lipinski definition) is 1. The molecule has 42 heavy (non-hydrogen) atoms. The van der Waals surface area contributed by atoms with E-state index in [-0.39, 0.29) is 41.1 Å². The van der Waals surface area contributed by atoms with Crippen molar-refractivity contribution in [1.29, 1.82) is 0 Å². The number of benzene rings is 1. The number of halogens is 1. The van der Waals surface area contributed by atoms with Gasteiger partial charge in [0.15, 0.2) is 11.5 Å². The molecule has 3 fully saturated rings. The molecule has 224 valence electrons. The van der Waals surface area contributed by atoms with Crippen molar-refractivity contribution in [1.82, 2.24) is 9.80 Å². The van der Waals surface area contributed by atoms with Crippen LogP contribution in [-0.2, 0) is 21.4 Å². The van der Waals surface area contributed by atoms with Crippen LogP contribution >= 0.6 is 27.3 Å². The van der Waals surface area contributed by atoms with Crippen molar-refractivity contribution in [3.05, 3.63) is 44.1 Å². The second kappa shape index (κ2) is 10.7. The fourth-order valence-corrected chi connectivity index (χ4v) is 9.86. The number of likely N-dealkylation sites (tertiary alicyclic amines) is 1. The number of carbonyl (C=O) groups excluding carboxylic acids is 2. The molecule has 3 aliphatic carbocycles. The molecule has 0 radical (unpaired) electrons. The van der Waals surface area contributed by atoms with E-state index < -0.39 is 0 Å². The number of amides is 1. The number of esters is 1. The lowest BCUT2D eigenvalue weighted by Crippen LogP contribution is -2.69. The van der Waals surface area contributed by atoms with Gasteiger partial charge in [-0.25, -0.2) is 0 Å². The third-order valence-electron chi connectivity index (χ3n) is 10.2. The number of rotatable bonds is 8. The van der Waals surface area contributed by atoms with E-state index in [1.165, 1.54) is 19.8 Å². The fraction of sp³-hybridized carbons (Fsp3) is 0.576. The number of phenolic OH excluding ortho intramolecular Hbond substituents is 1. The van der Waals surface area contributed by atoms with Gasteiger partial charge in [-0.15, -0.1) is 11.3 Å². The number of thiophene rings is 1. The summed E-state index contributed by atoms with van der Waals surface area (Å²) in [6, 6.07) is 3.79. The van der Waals surface area contributed by atoms with Crippen LogP contribution in [0.4, 0.5) is 0 Å². The molecule has 2 saturated carbocycles. The van der Waals surface area contributed by atoms with Gasteiger partial charge in [-0.3, -0.25) is 14.5 Å². The molecule has 1 saturated heterocycles. The Balaban J connectivity index is 1.30. The maximum Gasteiger partial charge on any atom is 0.308 e. The van der Waals surface area contributed by atoms with E-state index in [1.54, 1.807) is 23.5 Å². The minimum atomic E-state index is -0.388. The minimum Gasteiger partial charge on any atom is -0.504 e. The molecule has 1 N–H and O–H groups in total. The summed E-state index contributed by atoms with van der Waals surface area (Å²) in [5, 5.41) is 13.3. The molecule has 1 aromatic heterocycles. The first kappa shape index (κ1) is 28.4. The Morgan fingerprint density at radius 1 is 1.29 bits per heavy atom. The molecule has 1 aromatic carbocycles. The first-order valence-electron chi connectivity index (χ1n) is 15.4. The van der Waals surface area contributed by atoms with Crippen molar-refractivity contribution >= 4 is 45.2 Å². The van der Waals surface area contributed by atoms with E-state index in [2.05, 4.69) is 34.7 Å². The molecule has 2 bridgehead atoms. The smallest absolute Gasteiger partial charge is 0.308 e. The number of nitrogens with zero attached hydrogens (tertiary/aromatic N) is 2. The molecule has 0 unspecified atom stereocenters. The van der Waals surface area contributed by atoms with E-state index in [0.717, 1.165) is 65.2 Å². The Bertz CT molecular complexity index is 1450. The standard InChI is InChI=1S/C33H39BrN2O5S/c1-18(2)15-36(29(39)9-6-22-12-21(34)17-42-22)25-8-7-24-26-13-23-28(40-19(3)37)14-27(38)31-30(23)33(24,32(25)41-31)10-11-35(26)16-20-4-5-20/h6,9,12,14,17-18,20,24-26,32,38H,4-5,7-8,10-11,13,15-16H2,1-3H3/b9-6+/t24-,25-,26+,32-,33-/m0/s1. The average molecular weight is 656 g/mol. The lowest BCUT2D eigenvalue weighted by atomic mass is 9.50. The summed E-state index contributed by atoms with van der Waals surface area (Å²) < 4.78 is 13.6. The van der Waals surface area contributed by atoms with Gasteiger partial charge in [0.25, 0.3) is 0 Å². The number of phenols is 1. The van der Waals surface area contributed by atoms with Crippen LogP contribution in [0, 0.1) is 17.8 Å². The maximum atomic E-state index is 13.9. The highest BCUT2D eigenvalue weighted by atomic mass is 79.9. The zero-order valence-electron chi connectivity index (χ0n) is 24.5. The van der Waals surface area contributed by atoms with Crippen LogP contribution in [0.15, 0.2) is 28.1 Å². The number of carbonyl (C=O) groups is 2. The van der Waals surface area contributed by atoms with Crippen molar-refractivity contribution in [3.63, 3.8) is 0 Å². The third kappa shape index (κ3) is 4.70. The summed E-state index contributed by atoms with van der Waals surface area (Å²) in [7, 11) is 0. The molecule has 1 spiro atoms. The molecule has 7 rings (SSSR count). The Labute approximate surface area is 260 Å². The predicted molar refractivity (Wildman–Crippen MR) is 166 cm³/mol. The number of hydrogen-bond acceptors (Lipinski definition) is 7. The summed E-state index contributed by atoms with van der Waals surface area (Å²) in [4.78, 5) is 31.8. The van der Waals surface area contributed by atoms with E-state index in [9.17, 15) is 14.7 Å².